The Labute approximate surface area is 102 Å². The fraction of sp³-hybridized carbons (Fsp3) is 0.500. The lowest BCUT2D eigenvalue weighted by molar-refractivity contribution is -0.115. The molecule has 0 bridgehead atoms. The first-order valence-corrected chi connectivity index (χ1v) is 6.43. The highest BCUT2D eigenvalue weighted by molar-refractivity contribution is 5.99. The SMILES string of the molecule is O=C1Cc2ccc(CC3CCCNC3)cc2N1. The van der Waals surface area contributed by atoms with E-state index in [1.54, 1.807) is 0 Å². The number of carbonyl (C=O) groups is 1. The molecule has 90 valence electrons. The van der Waals surface area contributed by atoms with E-state index in [1.165, 1.54) is 18.4 Å². The first kappa shape index (κ1) is 10.8. The molecule has 1 unspecified atom stereocenters. The molecule has 1 aromatic rings. The van der Waals surface area contributed by atoms with Gasteiger partial charge >= 0.3 is 0 Å². The normalized spacial score (nSPS) is 23.3. The van der Waals surface area contributed by atoms with Gasteiger partial charge in [0, 0.05) is 5.69 Å². The summed E-state index contributed by atoms with van der Waals surface area (Å²) in [5, 5.41) is 6.37. The number of hydrogen-bond donors (Lipinski definition) is 2. The van der Waals surface area contributed by atoms with Gasteiger partial charge in [0.15, 0.2) is 0 Å². The van der Waals surface area contributed by atoms with Gasteiger partial charge in [-0.15, -0.1) is 0 Å². The van der Waals surface area contributed by atoms with Crippen molar-refractivity contribution in [1.29, 1.82) is 0 Å². The van der Waals surface area contributed by atoms with Crippen molar-refractivity contribution in [2.24, 2.45) is 5.92 Å². The van der Waals surface area contributed by atoms with Gasteiger partial charge in [0.1, 0.15) is 0 Å². The molecular formula is C14H18N2O. The average molecular weight is 230 g/mol. The number of nitrogens with one attached hydrogen (secondary N) is 2. The quantitative estimate of drug-likeness (QED) is 0.812. The lowest BCUT2D eigenvalue weighted by Crippen LogP contribution is -2.30. The number of carbonyl (C=O) groups excluding carboxylic acids is 1. The second-order valence-corrected chi connectivity index (χ2v) is 5.13. The molecule has 2 heterocycles. The molecule has 0 aliphatic carbocycles. The lowest BCUT2D eigenvalue weighted by atomic mass is 9.92. The lowest BCUT2D eigenvalue weighted by Gasteiger charge is -2.22. The summed E-state index contributed by atoms with van der Waals surface area (Å²) >= 11 is 0. The Balaban J connectivity index is 1.72. The molecule has 3 nitrogen and oxygen atoms in total. The number of hydrogen-bond acceptors (Lipinski definition) is 2. The molecule has 1 saturated heterocycles. The molecule has 1 fully saturated rings. The summed E-state index contributed by atoms with van der Waals surface area (Å²) in [7, 11) is 0. The smallest absolute Gasteiger partial charge is 0.228 e. The molecule has 3 heteroatoms. The molecule has 2 N–H and O–H groups in total. The van der Waals surface area contributed by atoms with E-state index in [4.69, 9.17) is 0 Å². The Morgan fingerprint density at radius 3 is 3.12 bits per heavy atom. The van der Waals surface area contributed by atoms with Crippen LogP contribution < -0.4 is 10.6 Å². The van der Waals surface area contributed by atoms with Crippen molar-refractivity contribution in [2.75, 3.05) is 18.4 Å². The van der Waals surface area contributed by atoms with Crippen molar-refractivity contribution in [3.05, 3.63) is 29.3 Å². The third-order valence-electron chi connectivity index (χ3n) is 3.72. The van der Waals surface area contributed by atoms with Crippen LogP contribution in [0.15, 0.2) is 18.2 Å². The van der Waals surface area contributed by atoms with Crippen LogP contribution in [0.2, 0.25) is 0 Å². The van der Waals surface area contributed by atoms with E-state index in [2.05, 4.69) is 28.8 Å². The first-order valence-electron chi connectivity index (χ1n) is 6.43. The van der Waals surface area contributed by atoms with Crippen molar-refractivity contribution in [3.8, 4) is 0 Å². The zero-order chi connectivity index (χ0) is 11.7. The van der Waals surface area contributed by atoms with Crippen molar-refractivity contribution in [2.45, 2.75) is 25.7 Å². The molecule has 1 atom stereocenters. The molecule has 3 rings (SSSR count). The summed E-state index contributed by atoms with van der Waals surface area (Å²) in [4.78, 5) is 11.3. The summed E-state index contributed by atoms with van der Waals surface area (Å²) in [6, 6.07) is 6.42. The monoisotopic (exact) mass is 230 g/mol. The number of piperidine rings is 1. The average Bonchev–Trinajstić information content (AvgIpc) is 2.70. The minimum Gasteiger partial charge on any atom is -0.326 e. The fourth-order valence-corrected chi connectivity index (χ4v) is 2.82. The number of amides is 1. The summed E-state index contributed by atoms with van der Waals surface area (Å²) in [6.07, 6.45) is 4.26. The number of fused-ring (bicyclic) bond motifs is 1. The number of benzene rings is 1. The minimum absolute atomic E-state index is 0.122. The van der Waals surface area contributed by atoms with E-state index < -0.39 is 0 Å². The van der Waals surface area contributed by atoms with Crippen LogP contribution >= 0.6 is 0 Å². The predicted octanol–water partition coefficient (Wildman–Crippen LogP) is 1.72. The van der Waals surface area contributed by atoms with Gasteiger partial charge < -0.3 is 10.6 Å². The Bertz CT molecular complexity index is 436. The van der Waals surface area contributed by atoms with Gasteiger partial charge in [-0.1, -0.05) is 12.1 Å². The molecule has 0 aromatic heterocycles. The maximum Gasteiger partial charge on any atom is 0.228 e. The van der Waals surface area contributed by atoms with Crippen molar-refractivity contribution < 1.29 is 4.79 Å². The first-order chi connectivity index (χ1) is 8.31. The highest BCUT2D eigenvalue weighted by Gasteiger charge is 2.19. The molecule has 2 aliphatic rings. The number of rotatable bonds is 2. The standard InChI is InChI=1S/C14H18N2O/c17-14-8-12-4-3-10(7-13(12)16-14)6-11-2-1-5-15-9-11/h3-4,7,11,15H,1-2,5-6,8-9H2,(H,16,17). The molecule has 0 radical (unpaired) electrons. The van der Waals surface area contributed by atoms with E-state index in [1.807, 2.05) is 0 Å². The third kappa shape index (κ3) is 2.34. The van der Waals surface area contributed by atoms with Gasteiger partial charge in [-0.3, -0.25) is 4.79 Å². The Morgan fingerprint density at radius 1 is 1.35 bits per heavy atom. The van der Waals surface area contributed by atoms with E-state index in [0.29, 0.717) is 6.42 Å². The Hall–Kier alpha value is -1.35. The van der Waals surface area contributed by atoms with Crippen LogP contribution in [0.5, 0.6) is 0 Å². The maximum atomic E-state index is 11.3. The number of anilines is 1. The van der Waals surface area contributed by atoms with Gasteiger partial charge in [-0.25, -0.2) is 0 Å². The topological polar surface area (TPSA) is 41.1 Å². The molecule has 0 spiro atoms. The molecule has 17 heavy (non-hydrogen) atoms. The zero-order valence-corrected chi connectivity index (χ0v) is 9.96. The van der Waals surface area contributed by atoms with E-state index >= 15 is 0 Å². The second-order valence-electron chi connectivity index (χ2n) is 5.13. The van der Waals surface area contributed by atoms with Crippen LogP contribution in [0.3, 0.4) is 0 Å². The van der Waals surface area contributed by atoms with Crippen molar-refractivity contribution >= 4 is 11.6 Å². The highest BCUT2D eigenvalue weighted by atomic mass is 16.1. The van der Waals surface area contributed by atoms with Crippen LogP contribution in [0, 0.1) is 5.92 Å². The van der Waals surface area contributed by atoms with Gasteiger partial charge in [0.05, 0.1) is 6.42 Å². The zero-order valence-electron chi connectivity index (χ0n) is 9.96. The summed E-state index contributed by atoms with van der Waals surface area (Å²) in [6.45, 7) is 2.29. The Kier molecular flexibility index (Phi) is 2.85. The predicted molar refractivity (Wildman–Crippen MR) is 68.1 cm³/mol. The van der Waals surface area contributed by atoms with Gasteiger partial charge in [0.25, 0.3) is 0 Å². The van der Waals surface area contributed by atoms with Gasteiger partial charge in [-0.2, -0.15) is 0 Å². The molecule has 0 saturated carbocycles. The molecule has 1 amide bonds. The van der Waals surface area contributed by atoms with Crippen LogP contribution in [0.4, 0.5) is 5.69 Å². The second kappa shape index (κ2) is 4.49. The maximum absolute atomic E-state index is 11.3. The van der Waals surface area contributed by atoms with E-state index in [9.17, 15) is 4.79 Å². The summed E-state index contributed by atoms with van der Waals surface area (Å²) in [5.74, 6) is 0.871. The van der Waals surface area contributed by atoms with Crippen LogP contribution in [-0.4, -0.2) is 19.0 Å². The van der Waals surface area contributed by atoms with Crippen LogP contribution in [0.25, 0.3) is 0 Å². The Morgan fingerprint density at radius 2 is 2.29 bits per heavy atom. The van der Waals surface area contributed by atoms with Crippen LogP contribution in [-0.2, 0) is 17.6 Å². The highest BCUT2D eigenvalue weighted by Crippen LogP contribution is 2.26. The van der Waals surface area contributed by atoms with Crippen molar-refractivity contribution in [1.82, 2.24) is 5.32 Å². The molecule has 2 aliphatic heterocycles. The molecular weight excluding hydrogens is 212 g/mol. The van der Waals surface area contributed by atoms with Gasteiger partial charge in [0.2, 0.25) is 5.91 Å². The molecule has 1 aromatic carbocycles. The van der Waals surface area contributed by atoms with Gasteiger partial charge in [-0.05, 0) is 55.5 Å². The summed E-state index contributed by atoms with van der Waals surface area (Å²) in [5.41, 5.74) is 3.51. The summed E-state index contributed by atoms with van der Waals surface area (Å²) < 4.78 is 0. The van der Waals surface area contributed by atoms with E-state index in [-0.39, 0.29) is 5.91 Å². The fourth-order valence-electron chi connectivity index (χ4n) is 2.82. The van der Waals surface area contributed by atoms with Crippen LogP contribution in [0.1, 0.15) is 24.0 Å². The largest absolute Gasteiger partial charge is 0.326 e. The third-order valence-corrected chi connectivity index (χ3v) is 3.72. The van der Waals surface area contributed by atoms with E-state index in [0.717, 1.165) is 36.7 Å². The minimum atomic E-state index is 0.122. The van der Waals surface area contributed by atoms with Crippen molar-refractivity contribution in [3.63, 3.8) is 0 Å².